The maximum atomic E-state index is 12.3. The van der Waals surface area contributed by atoms with Crippen molar-refractivity contribution in [2.45, 2.75) is 20.8 Å². The average Bonchev–Trinajstić information content (AvgIpc) is 3.14. The molecule has 29 heavy (non-hydrogen) atoms. The molecule has 0 saturated heterocycles. The molecule has 3 heterocycles. The summed E-state index contributed by atoms with van der Waals surface area (Å²) in [5.74, 6) is -0.252. The van der Waals surface area contributed by atoms with Crippen molar-refractivity contribution in [2.75, 3.05) is 12.3 Å². The predicted molar refractivity (Wildman–Crippen MR) is 111 cm³/mol. The molecule has 7 nitrogen and oxygen atoms in total. The number of hydrogen-bond donors (Lipinski definition) is 1. The van der Waals surface area contributed by atoms with Crippen molar-refractivity contribution >= 4 is 17.6 Å². The van der Waals surface area contributed by atoms with E-state index in [0.717, 1.165) is 28.1 Å². The number of carbonyl (C=O) groups excluding carboxylic acids is 1. The van der Waals surface area contributed by atoms with E-state index in [0.29, 0.717) is 11.3 Å². The number of aromatic nitrogens is 4. The van der Waals surface area contributed by atoms with Crippen LogP contribution in [0.25, 0.3) is 28.0 Å². The van der Waals surface area contributed by atoms with Crippen molar-refractivity contribution in [1.29, 1.82) is 0 Å². The number of hydrogen-bond acceptors (Lipinski definition) is 6. The first-order valence-corrected chi connectivity index (χ1v) is 9.34. The Bertz CT molecular complexity index is 1190. The van der Waals surface area contributed by atoms with Crippen LogP contribution >= 0.6 is 0 Å². The summed E-state index contributed by atoms with van der Waals surface area (Å²) in [5.41, 5.74) is 12.0. The minimum atomic E-state index is -0.495. The molecule has 0 fully saturated rings. The second-order valence-corrected chi connectivity index (χ2v) is 6.74. The zero-order valence-corrected chi connectivity index (χ0v) is 16.5. The largest absolute Gasteiger partial charge is 0.461 e. The van der Waals surface area contributed by atoms with Gasteiger partial charge in [0.2, 0.25) is 5.95 Å². The van der Waals surface area contributed by atoms with E-state index in [4.69, 9.17) is 10.5 Å². The van der Waals surface area contributed by atoms with Crippen molar-refractivity contribution in [1.82, 2.24) is 19.4 Å². The van der Waals surface area contributed by atoms with Gasteiger partial charge in [0.25, 0.3) is 0 Å². The molecule has 146 valence electrons. The second-order valence-electron chi connectivity index (χ2n) is 6.74. The molecule has 4 rings (SSSR count). The third-order valence-electron chi connectivity index (χ3n) is 4.54. The zero-order chi connectivity index (χ0) is 20.5. The van der Waals surface area contributed by atoms with E-state index in [9.17, 15) is 4.79 Å². The highest BCUT2D eigenvalue weighted by molar-refractivity contribution is 5.94. The van der Waals surface area contributed by atoms with Gasteiger partial charge in [-0.25, -0.2) is 14.8 Å². The molecule has 0 radical (unpaired) electrons. The first-order valence-electron chi connectivity index (χ1n) is 9.34. The lowest BCUT2D eigenvalue weighted by Gasteiger charge is -2.13. The number of carbonyl (C=O) groups is 1. The first kappa shape index (κ1) is 18.6. The minimum Gasteiger partial charge on any atom is -0.461 e. The van der Waals surface area contributed by atoms with Crippen LogP contribution in [0, 0.1) is 13.8 Å². The molecular weight excluding hydrogens is 366 g/mol. The summed E-state index contributed by atoms with van der Waals surface area (Å²) in [7, 11) is 0. The molecule has 0 saturated carbocycles. The van der Waals surface area contributed by atoms with Crippen LogP contribution in [0.3, 0.4) is 0 Å². The maximum absolute atomic E-state index is 12.3. The second kappa shape index (κ2) is 7.35. The van der Waals surface area contributed by atoms with Gasteiger partial charge in [-0.1, -0.05) is 30.3 Å². The summed E-state index contributed by atoms with van der Waals surface area (Å²) < 4.78 is 6.73. The van der Waals surface area contributed by atoms with Gasteiger partial charge in [0.1, 0.15) is 0 Å². The lowest BCUT2D eigenvalue weighted by molar-refractivity contribution is 0.0520. The van der Waals surface area contributed by atoms with Gasteiger partial charge in [-0.05, 0) is 38.5 Å². The summed E-state index contributed by atoms with van der Waals surface area (Å²) in [5, 5.41) is 0. The van der Waals surface area contributed by atoms with E-state index >= 15 is 0 Å². The van der Waals surface area contributed by atoms with Crippen LogP contribution < -0.4 is 5.73 Å². The van der Waals surface area contributed by atoms with Crippen molar-refractivity contribution in [3.63, 3.8) is 0 Å². The number of anilines is 1. The van der Waals surface area contributed by atoms with Crippen LogP contribution in [-0.4, -0.2) is 31.9 Å². The van der Waals surface area contributed by atoms with Crippen LogP contribution in [0.1, 0.15) is 28.8 Å². The van der Waals surface area contributed by atoms with Gasteiger partial charge in [-0.2, -0.15) is 0 Å². The van der Waals surface area contributed by atoms with Gasteiger partial charge in [0.15, 0.2) is 11.3 Å². The summed E-state index contributed by atoms with van der Waals surface area (Å²) >= 11 is 0. The number of imidazole rings is 1. The normalized spacial score (nSPS) is 11.0. The summed E-state index contributed by atoms with van der Waals surface area (Å²) in [4.78, 5) is 26.0. The van der Waals surface area contributed by atoms with E-state index < -0.39 is 5.97 Å². The Morgan fingerprint density at radius 3 is 2.38 bits per heavy atom. The molecule has 0 spiro atoms. The summed E-state index contributed by atoms with van der Waals surface area (Å²) in [6, 6.07) is 13.7. The van der Waals surface area contributed by atoms with Gasteiger partial charge in [-0.15, -0.1) is 0 Å². The molecule has 0 amide bonds. The molecule has 3 aromatic heterocycles. The fraction of sp³-hybridized carbons (Fsp3) is 0.182. The van der Waals surface area contributed by atoms with E-state index in [1.807, 2.05) is 56.3 Å². The number of nitrogens with two attached hydrogens (primary N) is 1. The lowest BCUT2D eigenvalue weighted by atomic mass is 9.99. The van der Waals surface area contributed by atoms with Crippen molar-refractivity contribution in [3.05, 3.63) is 65.7 Å². The Kier molecular flexibility index (Phi) is 4.72. The third-order valence-corrected chi connectivity index (χ3v) is 4.54. The van der Waals surface area contributed by atoms with Crippen LogP contribution in [0.5, 0.6) is 0 Å². The highest BCUT2D eigenvalue weighted by Gasteiger charge is 2.21. The van der Waals surface area contributed by atoms with Gasteiger partial charge < -0.3 is 10.5 Å². The Hall–Kier alpha value is -3.74. The molecule has 0 atom stereocenters. The number of fused-ring (bicyclic) bond motifs is 1. The van der Waals surface area contributed by atoms with E-state index in [-0.39, 0.29) is 18.2 Å². The van der Waals surface area contributed by atoms with Crippen molar-refractivity contribution < 1.29 is 9.53 Å². The van der Waals surface area contributed by atoms with Crippen LogP contribution in [-0.2, 0) is 4.74 Å². The monoisotopic (exact) mass is 387 g/mol. The number of ether oxygens (including phenoxy) is 1. The number of esters is 1. The quantitative estimate of drug-likeness (QED) is 0.535. The molecule has 0 aliphatic carbocycles. The zero-order valence-electron chi connectivity index (χ0n) is 16.5. The van der Waals surface area contributed by atoms with Gasteiger partial charge in [-0.3, -0.25) is 9.38 Å². The van der Waals surface area contributed by atoms with Crippen LogP contribution in [0.4, 0.5) is 5.95 Å². The van der Waals surface area contributed by atoms with Gasteiger partial charge in [0.05, 0.1) is 17.9 Å². The fourth-order valence-electron chi connectivity index (χ4n) is 3.41. The molecule has 1 aromatic carbocycles. The Morgan fingerprint density at radius 2 is 1.72 bits per heavy atom. The molecule has 0 unspecified atom stereocenters. The fourth-order valence-corrected chi connectivity index (χ4v) is 3.41. The molecule has 0 aliphatic rings. The molecular formula is C22H21N5O2. The minimum absolute atomic E-state index is 0.189. The van der Waals surface area contributed by atoms with E-state index in [1.165, 1.54) is 0 Å². The number of aryl methyl sites for hydroxylation is 2. The Morgan fingerprint density at radius 1 is 1.03 bits per heavy atom. The molecule has 4 aromatic rings. The molecule has 0 bridgehead atoms. The number of nitrogen functional groups attached to an aromatic ring is 1. The Labute approximate surface area is 168 Å². The van der Waals surface area contributed by atoms with Gasteiger partial charge >= 0.3 is 5.97 Å². The van der Waals surface area contributed by atoms with E-state index in [2.05, 4.69) is 15.0 Å². The van der Waals surface area contributed by atoms with Crippen LogP contribution in [0.15, 0.2) is 48.7 Å². The lowest BCUT2D eigenvalue weighted by Crippen LogP contribution is -2.04. The average molecular weight is 387 g/mol. The molecule has 7 heteroatoms. The summed E-state index contributed by atoms with van der Waals surface area (Å²) in [6.07, 6.45) is 1.56. The summed E-state index contributed by atoms with van der Waals surface area (Å²) in [6.45, 7) is 5.91. The standard InChI is InChI=1S/C22H21N5O2/c1-4-29-21(28)17-12-27-20(25-17)18(16-10-13(2)24-14(3)11-16)19(26-22(27)23)15-8-6-5-7-9-15/h5-12H,4H2,1-3H3,(H2,23,26). The number of nitrogens with zero attached hydrogens (tertiary/aromatic N) is 4. The highest BCUT2D eigenvalue weighted by Crippen LogP contribution is 2.35. The highest BCUT2D eigenvalue weighted by atomic mass is 16.5. The SMILES string of the molecule is CCOC(=O)c1cn2c(N)nc(-c3ccccc3)c(-c3cc(C)nc(C)c3)c2n1. The smallest absolute Gasteiger partial charge is 0.358 e. The first-order chi connectivity index (χ1) is 14.0. The van der Waals surface area contributed by atoms with E-state index in [1.54, 1.807) is 17.5 Å². The molecule has 2 N–H and O–H groups in total. The topological polar surface area (TPSA) is 95.4 Å². The maximum Gasteiger partial charge on any atom is 0.358 e. The predicted octanol–water partition coefficient (Wildman–Crippen LogP) is 3.83. The number of pyridine rings is 1. The molecule has 0 aliphatic heterocycles. The number of benzene rings is 1. The van der Waals surface area contributed by atoms with Crippen molar-refractivity contribution in [3.8, 4) is 22.4 Å². The van der Waals surface area contributed by atoms with Gasteiger partial charge in [0, 0.05) is 23.1 Å². The number of rotatable bonds is 4. The van der Waals surface area contributed by atoms with Crippen molar-refractivity contribution in [2.24, 2.45) is 0 Å². The van der Waals surface area contributed by atoms with Crippen LogP contribution in [0.2, 0.25) is 0 Å². The third kappa shape index (κ3) is 3.42. The Balaban J connectivity index is 2.07.